The molecule has 0 saturated carbocycles. The number of nitrogens with one attached hydrogen (secondary N) is 1. The number of nitrogens with zero attached hydrogens (tertiary/aromatic N) is 2. The van der Waals surface area contributed by atoms with Crippen LogP contribution >= 0.6 is 22.7 Å². The molecule has 4 rings (SSSR count). The highest BCUT2D eigenvalue weighted by Crippen LogP contribution is 2.33. The van der Waals surface area contributed by atoms with Crippen molar-refractivity contribution in [3.05, 3.63) is 42.0 Å². The summed E-state index contributed by atoms with van der Waals surface area (Å²) in [7, 11) is -3.22. The lowest BCUT2D eigenvalue weighted by atomic mass is 10.2. The standard InChI is InChI=1S/C17H15N3O2S3/c1-3-10-4-6-12-14(8-10)23-16(18-12)20-17-19-13-7-5-11(25(2,21)22)9-15(13)24-17/h4-9H,3H2,1-2H3,(H,18,19,20). The van der Waals surface area contributed by atoms with Crippen molar-refractivity contribution in [1.82, 2.24) is 9.97 Å². The Balaban J connectivity index is 1.68. The van der Waals surface area contributed by atoms with Crippen LogP contribution in [0.4, 0.5) is 10.3 Å². The SMILES string of the molecule is CCc1ccc2nc(Nc3nc4ccc(S(C)(=O)=O)cc4s3)sc2c1. The van der Waals surface area contributed by atoms with Gasteiger partial charge in [0.25, 0.3) is 0 Å². The van der Waals surface area contributed by atoms with Crippen LogP contribution < -0.4 is 5.32 Å². The summed E-state index contributed by atoms with van der Waals surface area (Å²) in [6.07, 6.45) is 2.21. The Kier molecular flexibility index (Phi) is 3.98. The van der Waals surface area contributed by atoms with Crippen molar-refractivity contribution in [2.24, 2.45) is 0 Å². The van der Waals surface area contributed by atoms with Gasteiger partial charge in [0.1, 0.15) is 0 Å². The molecule has 0 aliphatic heterocycles. The Morgan fingerprint density at radius 2 is 1.56 bits per heavy atom. The van der Waals surface area contributed by atoms with Gasteiger partial charge in [-0.05, 0) is 42.3 Å². The Bertz CT molecular complexity index is 1190. The van der Waals surface area contributed by atoms with Crippen LogP contribution in [-0.2, 0) is 16.3 Å². The number of benzene rings is 2. The van der Waals surface area contributed by atoms with Crippen molar-refractivity contribution in [2.75, 3.05) is 11.6 Å². The molecule has 0 saturated heterocycles. The molecule has 0 amide bonds. The smallest absolute Gasteiger partial charge is 0.190 e. The van der Waals surface area contributed by atoms with Crippen LogP contribution in [0.15, 0.2) is 41.3 Å². The Hall–Kier alpha value is -2.03. The summed E-state index contributed by atoms with van der Waals surface area (Å²) in [6, 6.07) is 11.3. The maximum Gasteiger partial charge on any atom is 0.190 e. The molecule has 2 aromatic heterocycles. The second kappa shape index (κ2) is 6.05. The zero-order valence-corrected chi connectivity index (χ0v) is 16.1. The van der Waals surface area contributed by atoms with Gasteiger partial charge in [-0.1, -0.05) is 35.7 Å². The van der Waals surface area contributed by atoms with Gasteiger partial charge in [-0.15, -0.1) is 0 Å². The monoisotopic (exact) mass is 389 g/mol. The van der Waals surface area contributed by atoms with Gasteiger partial charge in [0.05, 0.1) is 25.3 Å². The third kappa shape index (κ3) is 3.24. The molecule has 4 aromatic rings. The largest absolute Gasteiger partial charge is 0.307 e. The van der Waals surface area contributed by atoms with Crippen LogP contribution in [0.1, 0.15) is 12.5 Å². The average molecular weight is 390 g/mol. The highest BCUT2D eigenvalue weighted by molar-refractivity contribution is 7.90. The normalized spacial score (nSPS) is 12.1. The molecular formula is C17H15N3O2S3. The van der Waals surface area contributed by atoms with E-state index in [9.17, 15) is 8.42 Å². The van der Waals surface area contributed by atoms with E-state index in [1.54, 1.807) is 29.5 Å². The first-order valence-electron chi connectivity index (χ1n) is 7.69. The molecule has 0 radical (unpaired) electrons. The summed E-state index contributed by atoms with van der Waals surface area (Å²) < 4.78 is 25.3. The van der Waals surface area contributed by atoms with Crippen LogP contribution in [0.5, 0.6) is 0 Å². The van der Waals surface area contributed by atoms with Gasteiger partial charge >= 0.3 is 0 Å². The van der Waals surface area contributed by atoms with Crippen LogP contribution in [0.2, 0.25) is 0 Å². The number of sulfone groups is 1. The summed E-state index contributed by atoms with van der Waals surface area (Å²) in [4.78, 5) is 9.41. The molecule has 0 aliphatic carbocycles. The van der Waals surface area contributed by atoms with Gasteiger partial charge in [-0.3, -0.25) is 0 Å². The van der Waals surface area contributed by atoms with Gasteiger partial charge in [0.2, 0.25) is 0 Å². The van der Waals surface area contributed by atoms with E-state index in [0.717, 1.165) is 32.0 Å². The predicted octanol–water partition coefficient (Wildman–Crippen LogP) is 4.62. The van der Waals surface area contributed by atoms with Crippen LogP contribution in [0, 0.1) is 0 Å². The Morgan fingerprint density at radius 1 is 0.960 bits per heavy atom. The molecule has 0 spiro atoms. The van der Waals surface area contributed by atoms with E-state index in [-0.39, 0.29) is 0 Å². The van der Waals surface area contributed by atoms with E-state index in [1.165, 1.54) is 23.2 Å². The highest BCUT2D eigenvalue weighted by atomic mass is 32.2. The zero-order valence-electron chi connectivity index (χ0n) is 13.6. The van der Waals surface area contributed by atoms with E-state index >= 15 is 0 Å². The Labute approximate surface area is 153 Å². The number of anilines is 2. The molecule has 0 unspecified atom stereocenters. The number of rotatable bonds is 4. The van der Waals surface area contributed by atoms with Crippen molar-refractivity contribution in [3.8, 4) is 0 Å². The van der Waals surface area contributed by atoms with Crippen LogP contribution in [-0.4, -0.2) is 24.6 Å². The fourth-order valence-corrected chi connectivity index (χ4v) is 5.14. The van der Waals surface area contributed by atoms with E-state index in [0.29, 0.717) is 10.0 Å². The van der Waals surface area contributed by atoms with Crippen LogP contribution in [0.25, 0.3) is 20.4 Å². The quantitative estimate of drug-likeness (QED) is 0.551. The molecule has 0 aliphatic rings. The summed E-state index contributed by atoms with van der Waals surface area (Å²) >= 11 is 3.01. The molecule has 128 valence electrons. The Morgan fingerprint density at radius 3 is 2.16 bits per heavy atom. The third-order valence-corrected chi connectivity index (χ3v) is 6.84. The number of thiazole rings is 2. The molecule has 2 aromatic carbocycles. The van der Waals surface area contributed by atoms with Gasteiger partial charge in [0.15, 0.2) is 20.1 Å². The summed E-state index contributed by atoms with van der Waals surface area (Å²) in [5.74, 6) is 0. The number of aryl methyl sites for hydroxylation is 1. The second-order valence-electron chi connectivity index (χ2n) is 5.72. The van der Waals surface area contributed by atoms with E-state index in [4.69, 9.17) is 0 Å². The minimum Gasteiger partial charge on any atom is -0.307 e. The lowest BCUT2D eigenvalue weighted by Gasteiger charge is -1.96. The van der Waals surface area contributed by atoms with Crippen molar-refractivity contribution in [2.45, 2.75) is 18.2 Å². The molecule has 8 heteroatoms. The maximum atomic E-state index is 11.7. The van der Waals surface area contributed by atoms with E-state index < -0.39 is 9.84 Å². The van der Waals surface area contributed by atoms with E-state index in [1.807, 2.05) is 6.07 Å². The van der Waals surface area contributed by atoms with Gasteiger partial charge in [0, 0.05) is 6.26 Å². The highest BCUT2D eigenvalue weighted by Gasteiger charge is 2.12. The summed E-state index contributed by atoms with van der Waals surface area (Å²) in [6.45, 7) is 2.13. The van der Waals surface area contributed by atoms with E-state index in [2.05, 4.69) is 34.3 Å². The lowest BCUT2D eigenvalue weighted by molar-refractivity contribution is 0.602. The molecule has 25 heavy (non-hydrogen) atoms. The summed E-state index contributed by atoms with van der Waals surface area (Å²) in [5.41, 5.74) is 3.02. The minimum absolute atomic E-state index is 0.308. The first-order chi connectivity index (χ1) is 11.9. The molecule has 0 bridgehead atoms. The van der Waals surface area contributed by atoms with Crippen LogP contribution in [0.3, 0.4) is 0 Å². The summed E-state index contributed by atoms with van der Waals surface area (Å²) in [5, 5.41) is 4.73. The topological polar surface area (TPSA) is 72.0 Å². The van der Waals surface area contributed by atoms with Gasteiger partial charge < -0.3 is 5.32 Å². The number of fused-ring (bicyclic) bond motifs is 2. The minimum atomic E-state index is -3.22. The van der Waals surface area contributed by atoms with Crippen molar-refractivity contribution in [1.29, 1.82) is 0 Å². The number of aromatic nitrogens is 2. The van der Waals surface area contributed by atoms with Crippen molar-refractivity contribution in [3.63, 3.8) is 0 Å². The van der Waals surface area contributed by atoms with Gasteiger partial charge in [-0.25, -0.2) is 18.4 Å². The van der Waals surface area contributed by atoms with Gasteiger partial charge in [-0.2, -0.15) is 0 Å². The second-order valence-corrected chi connectivity index (χ2v) is 9.80. The molecule has 0 atom stereocenters. The molecule has 2 heterocycles. The molecule has 1 N–H and O–H groups in total. The number of hydrogen-bond donors (Lipinski definition) is 1. The predicted molar refractivity (Wildman–Crippen MR) is 105 cm³/mol. The first kappa shape index (κ1) is 16.4. The fourth-order valence-electron chi connectivity index (χ4n) is 2.52. The molecule has 0 fully saturated rings. The third-order valence-electron chi connectivity index (χ3n) is 3.86. The lowest BCUT2D eigenvalue weighted by Crippen LogP contribution is -1.95. The first-order valence-corrected chi connectivity index (χ1v) is 11.2. The van der Waals surface area contributed by atoms with Crippen molar-refractivity contribution < 1.29 is 8.42 Å². The zero-order chi connectivity index (χ0) is 17.6. The fraction of sp³-hybridized carbons (Fsp3) is 0.176. The maximum absolute atomic E-state index is 11.7. The average Bonchev–Trinajstić information content (AvgIpc) is 3.14. The molecular weight excluding hydrogens is 374 g/mol. The molecule has 5 nitrogen and oxygen atoms in total. The number of hydrogen-bond acceptors (Lipinski definition) is 7. The van der Waals surface area contributed by atoms with Crippen molar-refractivity contribution >= 4 is 63.2 Å².